The number of carbonyl (C=O) groups is 1. The highest BCUT2D eigenvalue weighted by Crippen LogP contribution is 2.33. The van der Waals surface area contributed by atoms with Gasteiger partial charge in [-0.2, -0.15) is 0 Å². The number of ether oxygens (including phenoxy) is 3. The largest absolute Gasteiger partial charge is 0.486 e. The van der Waals surface area contributed by atoms with E-state index in [1.54, 1.807) is 24.3 Å². The van der Waals surface area contributed by atoms with Gasteiger partial charge in [0.1, 0.15) is 13.2 Å². The number of methoxy groups -OCH3 is 1. The highest BCUT2D eigenvalue weighted by atomic mass is 79.9. The summed E-state index contributed by atoms with van der Waals surface area (Å²) in [5.74, 6) is 0.347. The second kappa shape index (κ2) is 8.28. The van der Waals surface area contributed by atoms with Crippen molar-refractivity contribution in [3.8, 4) is 11.5 Å². The summed E-state index contributed by atoms with van der Waals surface area (Å²) in [6.07, 6.45) is -0.142. The fourth-order valence-electron chi connectivity index (χ4n) is 2.65. The van der Waals surface area contributed by atoms with E-state index < -0.39 is 22.0 Å². The molecule has 1 aliphatic heterocycles. The van der Waals surface area contributed by atoms with Crippen LogP contribution in [0, 0.1) is 0 Å². The van der Waals surface area contributed by atoms with Gasteiger partial charge < -0.3 is 14.2 Å². The lowest BCUT2D eigenvalue weighted by molar-refractivity contribution is -0.141. The molecule has 144 valence electrons. The third-order valence-electron chi connectivity index (χ3n) is 3.97. The molecule has 0 saturated carbocycles. The smallest absolute Gasteiger partial charge is 0.307 e. The third-order valence-corrected chi connectivity index (χ3v) is 5.93. The molecule has 1 aliphatic rings. The zero-order valence-electron chi connectivity index (χ0n) is 14.5. The monoisotopic (exact) mass is 455 g/mol. The average molecular weight is 456 g/mol. The Bertz CT molecular complexity index is 947. The number of fused-ring (bicyclic) bond motifs is 1. The topological polar surface area (TPSA) is 90.9 Å². The molecule has 1 atom stereocenters. The van der Waals surface area contributed by atoms with Gasteiger partial charge in [-0.15, -0.1) is 0 Å². The lowest BCUT2D eigenvalue weighted by atomic mass is 10.1. The van der Waals surface area contributed by atoms with Crippen LogP contribution in [0.3, 0.4) is 0 Å². The third kappa shape index (κ3) is 4.79. The first-order valence-corrected chi connectivity index (χ1v) is 10.4. The number of hydrogen-bond acceptors (Lipinski definition) is 6. The van der Waals surface area contributed by atoms with Gasteiger partial charge in [-0.3, -0.25) is 4.79 Å². The summed E-state index contributed by atoms with van der Waals surface area (Å²) in [6.45, 7) is 0.772. The quantitative estimate of drug-likeness (QED) is 0.673. The van der Waals surface area contributed by atoms with Crippen molar-refractivity contribution < 1.29 is 27.4 Å². The fraction of sp³-hybridized carbons (Fsp3) is 0.278. The van der Waals surface area contributed by atoms with Crippen LogP contribution in [0.2, 0.25) is 0 Å². The van der Waals surface area contributed by atoms with Crippen molar-refractivity contribution in [2.75, 3.05) is 20.3 Å². The summed E-state index contributed by atoms with van der Waals surface area (Å²) < 4.78 is 44.7. The lowest BCUT2D eigenvalue weighted by Gasteiger charge is -2.21. The molecule has 2 aromatic rings. The number of halogens is 1. The molecule has 3 rings (SSSR count). The van der Waals surface area contributed by atoms with E-state index in [1.165, 1.54) is 19.2 Å². The minimum atomic E-state index is -3.92. The number of rotatable bonds is 6. The molecular formula is C18H18BrNO6S. The maximum absolute atomic E-state index is 12.9. The van der Waals surface area contributed by atoms with Crippen molar-refractivity contribution in [1.82, 2.24) is 4.72 Å². The van der Waals surface area contributed by atoms with Crippen LogP contribution in [0.1, 0.15) is 18.0 Å². The van der Waals surface area contributed by atoms with Gasteiger partial charge >= 0.3 is 5.97 Å². The van der Waals surface area contributed by atoms with Crippen molar-refractivity contribution in [3.63, 3.8) is 0 Å². The number of hydrogen-bond donors (Lipinski definition) is 1. The fourth-order valence-corrected chi connectivity index (χ4v) is 4.30. The summed E-state index contributed by atoms with van der Waals surface area (Å²) in [5.41, 5.74) is 0.635. The number of sulfonamides is 1. The molecular weight excluding hydrogens is 438 g/mol. The maximum Gasteiger partial charge on any atom is 0.307 e. The Morgan fingerprint density at radius 1 is 1.19 bits per heavy atom. The molecule has 2 aromatic carbocycles. The van der Waals surface area contributed by atoms with E-state index in [9.17, 15) is 13.2 Å². The Morgan fingerprint density at radius 2 is 1.93 bits per heavy atom. The van der Waals surface area contributed by atoms with Crippen LogP contribution in [0.4, 0.5) is 0 Å². The highest BCUT2D eigenvalue weighted by molar-refractivity contribution is 9.10. The van der Waals surface area contributed by atoms with Crippen LogP contribution in [0.5, 0.6) is 11.5 Å². The normalized spacial score (nSPS) is 14.4. The van der Waals surface area contributed by atoms with Gasteiger partial charge in [0.25, 0.3) is 0 Å². The summed E-state index contributed by atoms with van der Waals surface area (Å²) in [6, 6.07) is 10.7. The average Bonchev–Trinajstić information content (AvgIpc) is 2.66. The van der Waals surface area contributed by atoms with Crippen molar-refractivity contribution in [2.24, 2.45) is 0 Å². The van der Waals surface area contributed by atoms with Crippen molar-refractivity contribution in [1.29, 1.82) is 0 Å². The summed E-state index contributed by atoms with van der Waals surface area (Å²) in [7, 11) is -2.66. The minimum Gasteiger partial charge on any atom is -0.486 e. The van der Waals surface area contributed by atoms with Gasteiger partial charge in [0.15, 0.2) is 11.5 Å². The summed E-state index contributed by atoms with van der Waals surface area (Å²) in [5, 5.41) is 0. The Labute approximate surface area is 165 Å². The second-order valence-electron chi connectivity index (χ2n) is 5.81. The van der Waals surface area contributed by atoms with Gasteiger partial charge in [-0.25, -0.2) is 13.1 Å². The van der Waals surface area contributed by atoms with Crippen LogP contribution in [-0.2, 0) is 19.6 Å². The van der Waals surface area contributed by atoms with E-state index in [1.807, 2.05) is 6.07 Å². The summed E-state index contributed by atoms with van der Waals surface area (Å²) in [4.78, 5) is 11.8. The first-order valence-electron chi connectivity index (χ1n) is 8.13. The number of nitrogens with one attached hydrogen (secondary N) is 1. The number of carbonyl (C=O) groups excluding carboxylic acids is 1. The van der Waals surface area contributed by atoms with Gasteiger partial charge in [-0.1, -0.05) is 28.1 Å². The van der Waals surface area contributed by atoms with Gasteiger partial charge in [0, 0.05) is 10.5 Å². The lowest BCUT2D eigenvalue weighted by Crippen LogP contribution is -2.30. The molecule has 0 spiro atoms. The Balaban J connectivity index is 1.90. The van der Waals surface area contributed by atoms with E-state index >= 15 is 0 Å². The zero-order valence-corrected chi connectivity index (χ0v) is 16.9. The Hall–Kier alpha value is -2.10. The Morgan fingerprint density at radius 3 is 2.63 bits per heavy atom. The van der Waals surface area contributed by atoms with Crippen molar-refractivity contribution in [2.45, 2.75) is 17.4 Å². The molecule has 9 heteroatoms. The molecule has 1 N–H and O–H groups in total. The predicted molar refractivity (Wildman–Crippen MR) is 101 cm³/mol. The SMILES string of the molecule is COC(=O)CC(NS(=O)(=O)c1ccc2c(c1)OCCO2)c1cccc(Br)c1. The predicted octanol–water partition coefficient (Wildman–Crippen LogP) is 2.80. The van der Waals surface area contributed by atoms with Crippen LogP contribution in [0.25, 0.3) is 0 Å². The van der Waals surface area contributed by atoms with Crippen LogP contribution >= 0.6 is 15.9 Å². The van der Waals surface area contributed by atoms with Crippen LogP contribution in [0.15, 0.2) is 51.8 Å². The van der Waals surface area contributed by atoms with E-state index in [4.69, 9.17) is 14.2 Å². The molecule has 1 heterocycles. The van der Waals surface area contributed by atoms with Crippen LogP contribution in [-0.4, -0.2) is 34.7 Å². The molecule has 0 radical (unpaired) electrons. The van der Waals surface area contributed by atoms with Gasteiger partial charge in [-0.05, 0) is 29.8 Å². The van der Waals surface area contributed by atoms with Gasteiger partial charge in [0.2, 0.25) is 10.0 Å². The molecule has 0 bridgehead atoms. The molecule has 0 aromatic heterocycles. The molecule has 0 saturated heterocycles. The number of benzene rings is 2. The number of esters is 1. The molecule has 0 fully saturated rings. The zero-order chi connectivity index (χ0) is 19.4. The highest BCUT2D eigenvalue weighted by Gasteiger charge is 2.26. The Kier molecular flexibility index (Phi) is 6.03. The molecule has 0 aliphatic carbocycles. The van der Waals surface area contributed by atoms with Crippen molar-refractivity contribution in [3.05, 3.63) is 52.5 Å². The molecule has 1 unspecified atom stereocenters. The minimum absolute atomic E-state index is 0.0246. The maximum atomic E-state index is 12.9. The van der Waals surface area contributed by atoms with Crippen molar-refractivity contribution >= 4 is 31.9 Å². The van der Waals surface area contributed by atoms with Crippen LogP contribution < -0.4 is 14.2 Å². The van der Waals surface area contributed by atoms with E-state index in [2.05, 4.69) is 20.7 Å². The first-order chi connectivity index (χ1) is 12.9. The molecule has 0 amide bonds. The standard InChI is InChI=1S/C18H18BrNO6S/c1-24-18(21)11-15(12-3-2-4-13(19)9-12)20-27(22,23)14-5-6-16-17(10-14)26-8-7-25-16/h2-6,9-10,15,20H,7-8,11H2,1H3. The van der Waals surface area contributed by atoms with Gasteiger partial charge in [0.05, 0.1) is 24.5 Å². The van der Waals surface area contributed by atoms with E-state index in [-0.39, 0.29) is 11.3 Å². The molecule has 27 heavy (non-hydrogen) atoms. The molecule has 7 nitrogen and oxygen atoms in total. The van der Waals surface area contributed by atoms with E-state index in [0.717, 1.165) is 4.47 Å². The van der Waals surface area contributed by atoms with E-state index in [0.29, 0.717) is 30.3 Å². The first kappa shape index (κ1) is 19.7. The second-order valence-corrected chi connectivity index (χ2v) is 8.44. The summed E-state index contributed by atoms with van der Waals surface area (Å²) >= 11 is 3.36.